The molecule has 1 saturated heterocycles. The number of piperazine rings is 1. The molecule has 29 heavy (non-hydrogen) atoms. The van der Waals surface area contributed by atoms with Gasteiger partial charge in [0, 0.05) is 44.0 Å². The van der Waals surface area contributed by atoms with Gasteiger partial charge in [0.2, 0.25) is 0 Å². The average molecular weight is 412 g/mol. The van der Waals surface area contributed by atoms with Gasteiger partial charge in [-0.3, -0.25) is 14.9 Å². The van der Waals surface area contributed by atoms with E-state index in [1.807, 2.05) is 0 Å². The van der Waals surface area contributed by atoms with Gasteiger partial charge in [-0.05, 0) is 59.8 Å². The van der Waals surface area contributed by atoms with Gasteiger partial charge >= 0.3 is 0 Å². The first kappa shape index (κ1) is 19.1. The molecule has 2 aliphatic rings. The standard InChI is InChI=1S/C20H17FN4O3S/c21-15-3-7-16(8-4-15)23-9-11-24(12-10-23)20-22-19(26)18(29-20)13-14-1-5-17(6-2-14)25(27)28/h1-8,13H,9-12H2/b18-13-. The highest BCUT2D eigenvalue weighted by atomic mass is 32.2. The van der Waals surface area contributed by atoms with Gasteiger partial charge in [0.15, 0.2) is 5.17 Å². The van der Waals surface area contributed by atoms with E-state index in [9.17, 15) is 19.3 Å². The molecule has 4 rings (SSSR count). The number of nitro benzene ring substituents is 1. The van der Waals surface area contributed by atoms with Crippen LogP contribution in [0.15, 0.2) is 58.4 Å². The molecule has 7 nitrogen and oxygen atoms in total. The molecular weight excluding hydrogens is 395 g/mol. The second-order valence-electron chi connectivity index (χ2n) is 6.61. The second kappa shape index (κ2) is 8.04. The Morgan fingerprint density at radius 3 is 2.24 bits per heavy atom. The summed E-state index contributed by atoms with van der Waals surface area (Å²) in [5.41, 5.74) is 1.69. The molecular formula is C20H17FN4O3S. The zero-order chi connectivity index (χ0) is 20.4. The summed E-state index contributed by atoms with van der Waals surface area (Å²) in [6.45, 7) is 2.92. The third kappa shape index (κ3) is 4.29. The van der Waals surface area contributed by atoms with Crippen LogP contribution in [0.25, 0.3) is 6.08 Å². The third-order valence-corrected chi connectivity index (χ3v) is 5.80. The van der Waals surface area contributed by atoms with E-state index in [-0.39, 0.29) is 17.4 Å². The molecule has 2 heterocycles. The van der Waals surface area contributed by atoms with Crippen molar-refractivity contribution < 1.29 is 14.1 Å². The van der Waals surface area contributed by atoms with Crippen LogP contribution in [0, 0.1) is 15.9 Å². The fraction of sp³-hybridized carbons (Fsp3) is 0.200. The van der Waals surface area contributed by atoms with Gasteiger partial charge in [-0.1, -0.05) is 0 Å². The summed E-state index contributed by atoms with van der Waals surface area (Å²) in [6, 6.07) is 12.5. The number of nitrogens with zero attached hydrogens (tertiary/aromatic N) is 4. The number of aliphatic imine (C=N–C) groups is 1. The number of amides is 1. The van der Waals surface area contributed by atoms with Crippen molar-refractivity contribution in [1.29, 1.82) is 0 Å². The Balaban J connectivity index is 1.38. The summed E-state index contributed by atoms with van der Waals surface area (Å²) < 4.78 is 13.1. The Kier molecular flexibility index (Phi) is 5.30. The molecule has 0 aliphatic carbocycles. The molecule has 0 saturated carbocycles. The van der Waals surface area contributed by atoms with Crippen LogP contribution in [0.3, 0.4) is 0 Å². The number of non-ortho nitro benzene ring substituents is 1. The number of carbonyl (C=O) groups is 1. The molecule has 0 bridgehead atoms. The van der Waals surface area contributed by atoms with Gasteiger partial charge in [0.25, 0.3) is 11.6 Å². The number of carbonyl (C=O) groups excluding carboxylic acids is 1. The normalized spacial score (nSPS) is 18.3. The maximum Gasteiger partial charge on any atom is 0.286 e. The number of halogens is 1. The minimum absolute atomic E-state index is 0.00789. The molecule has 9 heteroatoms. The minimum atomic E-state index is -0.459. The first-order valence-corrected chi connectivity index (χ1v) is 9.84. The first-order chi connectivity index (χ1) is 14.0. The van der Waals surface area contributed by atoms with Crippen molar-refractivity contribution in [3.8, 4) is 0 Å². The monoisotopic (exact) mass is 412 g/mol. The number of nitro groups is 1. The summed E-state index contributed by atoms with van der Waals surface area (Å²) in [5.74, 6) is -0.556. The highest BCUT2D eigenvalue weighted by molar-refractivity contribution is 8.18. The lowest BCUT2D eigenvalue weighted by molar-refractivity contribution is -0.384. The van der Waals surface area contributed by atoms with Crippen molar-refractivity contribution in [2.24, 2.45) is 4.99 Å². The Bertz CT molecular complexity index is 997. The van der Waals surface area contributed by atoms with Crippen molar-refractivity contribution in [2.75, 3.05) is 31.1 Å². The van der Waals surface area contributed by atoms with E-state index in [1.165, 1.54) is 36.0 Å². The van der Waals surface area contributed by atoms with Crippen LogP contribution in [0.5, 0.6) is 0 Å². The lowest BCUT2D eigenvalue weighted by Gasteiger charge is -2.36. The van der Waals surface area contributed by atoms with Crippen LogP contribution in [-0.4, -0.2) is 47.1 Å². The van der Waals surface area contributed by atoms with Crippen LogP contribution in [0.1, 0.15) is 5.56 Å². The quantitative estimate of drug-likeness (QED) is 0.436. The number of amidine groups is 1. The first-order valence-electron chi connectivity index (χ1n) is 9.02. The second-order valence-corrected chi connectivity index (χ2v) is 7.62. The maximum atomic E-state index is 13.1. The fourth-order valence-electron chi connectivity index (χ4n) is 3.18. The van der Waals surface area contributed by atoms with Gasteiger partial charge in [0.1, 0.15) is 5.82 Å². The molecule has 0 aromatic heterocycles. The number of hydrogen-bond donors (Lipinski definition) is 0. The molecule has 2 aromatic carbocycles. The average Bonchev–Trinajstić information content (AvgIpc) is 3.09. The number of anilines is 1. The highest BCUT2D eigenvalue weighted by Gasteiger charge is 2.28. The van der Waals surface area contributed by atoms with Gasteiger partial charge in [0.05, 0.1) is 9.83 Å². The van der Waals surface area contributed by atoms with E-state index >= 15 is 0 Å². The summed E-state index contributed by atoms with van der Waals surface area (Å²) in [7, 11) is 0. The smallest absolute Gasteiger partial charge is 0.286 e. The van der Waals surface area contributed by atoms with E-state index in [1.54, 1.807) is 30.3 Å². The van der Waals surface area contributed by atoms with Crippen molar-refractivity contribution in [3.63, 3.8) is 0 Å². The number of thioether (sulfide) groups is 1. The Morgan fingerprint density at radius 1 is 1.00 bits per heavy atom. The van der Waals surface area contributed by atoms with E-state index in [4.69, 9.17) is 0 Å². The van der Waals surface area contributed by atoms with Crippen LogP contribution < -0.4 is 4.90 Å². The SMILES string of the molecule is O=C1N=C(N2CCN(c3ccc(F)cc3)CC2)S/C1=C\c1ccc([N+](=O)[O-])cc1. The van der Waals surface area contributed by atoms with E-state index < -0.39 is 4.92 Å². The summed E-state index contributed by atoms with van der Waals surface area (Å²) >= 11 is 1.32. The molecule has 148 valence electrons. The van der Waals surface area contributed by atoms with Crippen LogP contribution in [0.4, 0.5) is 15.8 Å². The molecule has 0 unspecified atom stereocenters. The van der Waals surface area contributed by atoms with Crippen LogP contribution in [-0.2, 0) is 4.79 Å². The van der Waals surface area contributed by atoms with E-state index in [0.717, 1.165) is 18.8 Å². The Labute approximate surface area is 170 Å². The minimum Gasteiger partial charge on any atom is -0.368 e. The number of rotatable bonds is 3. The van der Waals surface area contributed by atoms with Gasteiger partial charge in [-0.25, -0.2) is 4.39 Å². The number of benzene rings is 2. The van der Waals surface area contributed by atoms with Crippen LogP contribution >= 0.6 is 11.8 Å². The summed E-state index contributed by atoms with van der Waals surface area (Å²) in [4.78, 5) is 31.5. The number of hydrogen-bond acceptors (Lipinski definition) is 6. The molecule has 2 aromatic rings. The molecule has 0 N–H and O–H groups in total. The molecule has 0 spiro atoms. The summed E-state index contributed by atoms with van der Waals surface area (Å²) in [5, 5.41) is 11.4. The largest absolute Gasteiger partial charge is 0.368 e. The van der Waals surface area contributed by atoms with Crippen molar-refractivity contribution in [1.82, 2.24) is 4.90 Å². The van der Waals surface area contributed by atoms with Crippen molar-refractivity contribution in [2.45, 2.75) is 0 Å². The predicted molar refractivity (Wildman–Crippen MR) is 111 cm³/mol. The van der Waals surface area contributed by atoms with Gasteiger partial charge in [-0.2, -0.15) is 4.99 Å². The Hall–Kier alpha value is -3.20. The zero-order valence-electron chi connectivity index (χ0n) is 15.3. The Morgan fingerprint density at radius 2 is 1.62 bits per heavy atom. The van der Waals surface area contributed by atoms with Crippen LogP contribution in [0.2, 0.25) is 0 Å². The van der Waals surface area contributed by atoms with E-state index in [2.05, 4.69) is 14.8 Å². The molecule has 1 fully saturated rings. The fourth-order valence-corrected chi connectivity index (χ4v) is 4.15. The maximum absolute atomic E-state index is 13.1. The zero-order valence-corrected chi connectivity index (χ0v) is 16.1. The molecule has 2 aliphatic heterocycles. The van der Waals surface area contributed by atoms with Crippen molar-refractivity contribution >= 4 is 40.3 Å². The lowest BCUT2D eigenvalue weighted by Crippen LogP contribution is -2.47. The molecule has 1 amide bonds. The predicted octanol–water partition coefficient (Wildman–Crippen LogP) is 3.53. The third-order valence-electron chi connectivity index (χ3n) is 4.75. The highest BCUT2D eigenvalue weighted by Crippen LogP contribution is 2.31. The topological polar surface area (TPSA) is 79.0 Å². The van der Waals surface area contributed by atoms with Gasteiger partial charge in [-0.15, -0.1) is 0 Å². The lowest BCUT2D eigenvalue weighted by atomic mass is 10.2. The molecule has 0 radical (unpaired) electrons. The molecule has 0 atom stereocenters. The van der Waals surface area contributed by atoms with Gasteiger partial charge < -0.3 is 9.80 Å². The van der Waals surface area contributed by atoms with Crippen molar-refractivity contribution in [3.05, 3.63) is 74.9 Å². The van der Waals surface area contributed by atoms with E-state index in [0.29, 0.717) is 28.7 Å². The summed E-state index contributed by atoms with van der Waals surface area (Å²) in [6.07, 6.45) is 1.70.